The Labute approximate surface area is 130 Å². The maximum absolute atomic E-state index is 11.8. The van der Waals surface area contributed by atoms with Crippen LogP contribution in [0.3, 0.4) is 0 Å². The standard InChI is InChI=1S/C15H13BrN2O3/c1-9-6-11(16)7-10(14(9)20)8-17-18-15(21)12-4-2-3-5-13(12)19/h2-8,19-20H,1H3,(H,18,21)/b17-8-. The predicted octanol–water partition coefficient (Wildman–Crippen LogP) is 2.93. The van der Waals surface area contributed by atoms with Crippen LogP contribution < -0.4 is 5.43 Å². The average molecular weight is 349 g/mol. The molecule has 0 saturated heterocycles. The van der Waals surface area contributed by atoms with E-state index in [1.165, 1.54) is 18.3 Å². The molecule has 0 bridgehead atoms. The zero-order valence-corrected chi connectivity index (χ0v) is 12.8. The van der Waals surface area contributed by atoms with E-state index < -0.39 is 5.91 Å². The highest BCUT2D eigenvalue weighted by atomic mass is 79.9. The quantitative estimate of drug-likeness (QED) is 0.589. The first-order valence-electron chi connectivity index (χ1n) is 6.09. The molecule has 1 amide bonds. The van der Waals surface area contributed by atoms with Crippen molar-refractivity contribution in [3.05, 3.63) is 57.6 Å². The van der Waals surface area contributed by atoms with Gasteiger partial charge >= 0.3 is 0 Å². The molecule has 0 aliphatic heterocycles. The van der Waals surface area contributed by atoms with Crippen molar-refractivity contribution in [2.24, 2.45) is 5.10 Å². The summed E-state index contributed by atoms with van der Waals surface area (Å²) in [5, 5.41) is 23.2. The van der Waals surface area contributed by atoms with Gasteiger partial charge in [-0.25, -0.2) is 5.43 Å². The molecule has 0 heterocycles. The molecule has 0 aliphatic carbocycles. The third-order valence-electron chi connectivity index (χ3n) is 2.81. The first kappa shape index (κ1) is 15.1. The smallest absolute Gasteiger partial charge is 0.275 e. The van der Waals surface area contributed by atoms with Crippen LogP contribution in [0.1, 0.15) is 21.5 Å². The maximum atomic E-state index is 11.8. The number of hydrogen-bond donors (Lipinski definition) is 3. The Kier molecular flexibility index (Phi) is 4.59. The van der Waals surface area contributed by atoms with Gasteiger partial charge in [0, 0.05) is 10.0 Å². The van der Waals surface area contributed by atoms with E-state index in [1.54, 1.807) is 31.2 Å². The lowest BCUT2D eigenvalue weighted by Crippen LogP contribution is -2.17. The van der Waals surface area contributed by atoms with Gasteiger partial charge in [-0.1, -0.05) is 28.1 Å². The van der Waals surface area contributed by atoms with Crippen LogP contribution in [-0.2, 0) is 0 Å². The van der Waals surface area contributed by atoms with Crippen molar-refractivity contribution in [1.82, 2.24) is 5.43 Å². The zero-order valence-electron chi connectivity index (χ0n) is 11.2. The van der Waals surface area contributed by atoms with Crippen molar-refractivity contribution < 1.29 is 15.0 Å². The number of phenols is 2. The molecule has 0 saturated carbocycles. The predicted molar refractivity (Wildman–Crippen MR) is 83.7 cm³/mol. The summed E-state index contributed by atoms with van der Waals surface area (Å²) in [5.41, 5.74) is 3.59. The number of amides is 1. The molecule has 21 heavy (non-hydrogen) atoms. The number of hydrogen-bond acceptors (Lipinski definition) is 4. The Balaban J connectivity index is 2.13. The molecule has 0 fully saturated rings. The van der Waals surface area contributed by atoms with E-state index >= 15 is 0 Å². The fourth-order valence-corrected chi connectivity index (χ4v) is 2.34. The van der Waals surface area contributed by atoms with Gasteiger partial charge < -0.3 is 10.2 Å². The number of carbonyl (C=O) groups is 1. The van der Waals surface area contributed by atoms with Crippen LogP contribution in [-0.4, -0.2) is 22.3 Å². The van der Waals surface area contributed by atoms with Gasteiger partial charge in [0.05, 0.1) is 11.8 Å². The third-order valence-corrected chi connectivity index (χ3v) is 3.27. The molecule has 2 aromatic rings. The molecular formula is C15H13BrN2O3. The van der Waals surface area contributed by atoms with Crippen LogP contribution in [0, 0.1) is 6.92 Å². The van der Waals surface area contributed by atoms with E-state index in [-0.39, 0.29) is 17.1 Å². The molecule has 5 nitrogen and oxygen atoms in total. The van der Waals surface area contributed by atoms with Gasteiger partial charge in [0.1, 0.15) is 11.5 Å². The second-order valence-corrected chi connectivity index (χ2v) is 5.29. The molecule has 0 aromatic heterocycles. The van der Waals surface area contributed by atoms with Gasteiger partial charge in [-0.2, -0.15) is 5.10 Å². The molecular weight excluding hydrogens is 336 g/mol. The number of halogens is 1. The Morgan fingerprint density at radius 1 is 1.29 bits per heavy atom. The summed E-state index contributed by atoms with van der Waals surface area (Å²) in [5.74, 6) is -0.555. The highest BCUT2D eigenvalue weighted by Gasteiger charge is 2.09. The Bertz CT molecular complexity index is 714. The van der Waals surface area contributed by atoms with Crippen LogP contribution in [0.4, 0.5) is 0 Å². The molecule has 0 spiro atoms. The van der Waals surface area contributed by atoms with Crippen molar-refractivity contribution in [3.63, 3.8) is 0 Å². The largest absolute Gasteiger partial charge is 0.507 e. The molecule has 0 atom stereocenters. The lowest BCUT2D eigenvalue weighted by molar-refractivity contribution is 0.0952. The number of nitrogens with zero attached hydrogens (tertiary/aromatic N) is 1. The number of rotatable bonds is 3. The van der Waals surface area contributed by atoms with E-state index in [9.17, 15) is 15.0 Å². The number of aryl methyl sites for hydroxylation is 1. The SMILES string of the molecule is Cc1cc(Br)cc(/C=N\NC(=O)c2ccccc2O)c1O. The minimum absolute atomic E-state index is 0.0961. The second-order valence-electron chi connectivity index (χ2n) is 4.38. The number of aromatic hydroxyl groups is 2. The number of benzene rings is 2. The van der Waals surface area contributed by atoms with Crippen LogP contribution in [0.15, 0.2) is 46.0 Å². The van der Waals surface area contributed by atoms with Crippen molar-refractivity contribution in [3.8, 4) is 11.5 Å². The number of para-hydroxylation sites is 1. The van der Waals surface area contributed by atoms with Crippen LogP contribution in [0.5, 0.6) is 11.5 Å². The van der Waals surface area contributed by atoms with Gasteiger partial charge in [-0.15, -0.1) is 0 Å². The summed E-state index contributed by atoms with van der Waals surface area (Å²) < 4.78 is 0.797. The van der Waals surface area contributed by atoms with E-state index in [1.807, 2.05) is 0 Å². The first-order valence-corrected chi connectivity index (χ1v) is 6.89. The summed E-state index contributed by atoms with van der Waals surface area (Å²) in [7, 11) is 0. The van der Waals surface area contributed by atoms with Crippen LogP contribution >= 0.6 is 15.9 Å². The Morgan fingerprint density at radius 2 is 2.00 bits per heavy atom. The summed E-state index contributed by atoms with van der Waals surface area (Å²) in [6.07, 6.45) is 1.34. The van der Waals surface area contributed by atoms with Crippen molar-refractivity contribution >= 4 is 28.1 Å². The van der Waals surface area contributed by atoms with Gasteiger partial charge in [-0.05, 0) is 36.8 Å². The molecule has 2 aromatic carbocycles. The topological polar surface area (TPSA) is 81.9 Å². The van der Waals surface area contributed by atoms with Crippen molar-refractivity contribution in [2.45, 2.75) is 6.92 Å². The molecule has 3 N–H and O–H groups in total. The molecule has 2 rings (SSSR count). The molecule has 0 unspecified atom stereocenters. The molecule has 0 radical (unpaired) electrons. The fraction of sp³-hybridized carbons (Fsp3) is 0.0667. The maximum Gasteiger partial charge on any atom is 0.275 e. The minimum atomic E-state index is -0.532. The molecule has 108 valence electrons. The summed E-state index contributed by atoms with van der Waals surface area (Å²) in [4.78, 5) is 11.8. The number of hydrazone groups is 1. The number of carbonyl (C=O) groups excluding carboxylic acids is 1. The normalized spacial score (nSPS) is 10.8. The molecule has 6 heteroatoms. The van der Waals surface area contributed by atoms with E-state index in [2.05, 4.69) is 26.5 Å². The van der Waals surface area contributed by atoms with E-state index in [0.717, 1.165) is 4.47 Å². The lowest BCUT2D eigenvalue weighted by atomic mass is 10.1. The highest BCUT2D eigenvalue weighted by molar-refractivity contribution is 9.10. The zero-order chi connectivity index (χ0) is 15.4. The lowest BCUT2D eigenvalue weighted by Gasteiger charge is -2.04. The van der Waals surface area contributed by atoms with Gasteiger partial charge in [-0.3, -0.25) is 4.79 Å². The Hall–Kier alpha value is -2.34. The first-order chi connectivity index (χ1) is 9.99. The van der Waals surface area contributed by atoms with E-state index in [0.29, 0.717) is 11.1 Å². The summed E-state index contributed by atoms with van der Waals surface area (Å²) in [6, 6.07) is 9.62. The molecule has 0 aliphatic rings. The monoisotopic (exact) mass is 348 g/mol. The minimum Gasteiger partial charge on any atom is -0.507 e. The van der Waals surface area contributed by atoms with Crippen molar-refractivity contribution in [1.29, 1.82) is 0 Å². The summed E-state index contributed by atoms with van der Waals surface area (Å²) in [6.45, 7) is 1.76. The summed E-state index contributed by atoms with van der Waals surface area (Å²) >= 11 is 3.32. The average Bonchev–Trinajstić information content (AvgIpc) is 2.44. The number of phenolic OH excluding ortho intramolecular Hbond substituents is 2. The number of nitrogens with one attached hydrogen (secondary N) is 1. The van der Waals surface area contributed by atoms with Crippen LogP contribution in [0.25, 0.3) is 0 Å². The Morgan fingerprint density at radius 3 is 2.71 bits per heavy atom. The van der Waals surface area contributed by atoms with Crippen molar-refractivity contribution in [2.75, 3.05) is 0 Å². The van der Waals surface area contributed by atoms with E-state index in [4.69, 9.17) is 0 Å². The highest BCUT2D eigenvalue weighted by Crippen LogP contribution is 2.25. The fourth-order valence-electron chi connectivity index (χ4n) is 1.75. The van der Waals surface area contributed by atoms with Gasteiger partial charge in [0.2, 0.25) is 0 Å². The second kappa shape index (κ2) is 6.41. The third kappa shape index (κ3) is 3.61. The van der Waals surface area contributed by atoms with Gasteiger partial charge in [0.25, 0.3) is 5.91 Å². The van der Waals surface area contributed by atoms with Crippen LogP contribution in [0.2, 0.25) is 0 Å². The van der Waals surface area contributed by atoms with Gasteiger partial charge in [0.15, 0.2) is 0 Å².